The van der Waals surface area contributed by atoms with Crippen LogP contribution in [0.5, 0.6) is 0 Å². The van der Waals surface area contributed by atoms with Gasteiger partial charge < -0.3 is 11.5 Å². The average Bonchev–Trinajstić information content (AvgIpc) is 2.39. The normalized spacial score (nSPS) is 10.0. The van der Waals surface area contributed by atoms with Gasteiger partial charge in [-0.05, 0) is 35.4 Å². The summed E-state index contributed by atoms with van der Waals surface area (Å²) in [5.74, 6) is -0.906. The van der Waals surface area contributed by atoms with Crippen LogP contribution in [0.25, 0.3) is 11.1 Å². The molecule has 4 nitrogen and oxygen atoms in total. The lowest BCUT2D eigenvalue weighted by Crippen LogP contribution is -2.10. The molecule has 0 atom stereocenters. The Morgan fingerprint density at radius 3 is 1.11 bits per heavy atom. The van der Waals surface area contributed by atoms with Crippen molar-refractivity contribution in [3.05, 3.63) is 59.7 Å². The molecule has 18 heavy (non-hydrogen) atoms. The van der Waals surface area contributed by atoms with Crippen LogP contribution in [0.1, 0.15) is 20.7 Å². The van der Waals surface area contributed by atoms with Gasteiger partial charge in [0.2, 0.25) is 11.8 Å². The van der Waals surface area contributed by atoms with E-state index in [1.54, 1.807) is 48.5 Å². The second kappa shape index (κ2) is 4.71. The van der Waals surface area contributed by atoms with Crippen molar-refractivity contribution in [1.82, 2.24) is 0 Å². The van der Waals surface area contributed by atoms with Crippen molar-refractivity contribution in [1.29, 1.82) is 0 Å². The van der Waals surface area contributed by atoms with E-state index in [2.05, 4.69) is 0 Å². The monoisotopic (exact) mass is 242 g/mol. The van der Waals surface area contributed by atoms with E-state index in [4.69, 9.17) is 11.5 Å². The van der Waals surface area contributed by atoms with E-state index in [1.807, 2.05) is 0 Å². The first kappa shape index (κ1) is 11.9. The summed E-state index contributed by atoms with van der Waals surface area (Å²) < 4.78 is 0. The van der Waals surface area contributed by atoms with Crippen molar-refractivity contribution in [3.8, 4) is 11.1 Å². The number of hydrogen-bond donors (Lipinski definition) is 2. The van der Waals surface area contributed by atoms with Crippen LogP contribution in [-0.4, -0.2) is 11.8 Å². The highest BCUT2D eigenvalue weighted by Gasteiger charge is 2.03. The Bertz CT molecular complexity index is 531. The van der Waals surface area contributed by atoms with Gasteiger partial charge in [0.05, 0.1) is 0 Å². The quantitative estimate of drug-likeness (QED) is 0.800. The molecule has 2 amide bonds. The molecule has 0 aliphatic carbocycles. The van der Waals surface area contributed by atoms with Gasteiger partial charge in [-0.3, -0.25) is 9.59 Å². The number of nitrogens with two attached hydrogens (primary N) is 2. The number of carbonyl (C=O) groups is 2. The van der Waals surface area contributed by atoms with E-state index in [9.17, 15) is 9.59 Å². The maximum Gasteiger partial charge on any atom is 0.248 e. The Morgan fingerprint density at radius 2 is 0.889 bits per heavy atom. The smallest absolute Gasteiger partial charge is 0.248 e. The highest BCUT2D eigenvalue weighted by molar-refractivity contribution is 5.94. The SMILES string of the molecule is [15NH2]C(=O)c1ccc(-c2ccc(C([15NH2])=O)cc2)cc1. The van der Waals surface area contributed by atoms with Gasteiger partial charge in [0.1, 0.15) is 0 Å². The molecule has 4 heteroatoms. The minimum atomic E-state index is -0.453. The molecule has 2 aromatic rings. The lowest BCUT2D eigenvalue weighted by Gasteiger charge is -2.03. The molecule has 0 aliphatic rings. The molecular formula is C14H12N2O2. The predicted molar refractivity (Wildman–Crippen MR) is 68.9 cm³/mol. The summed E-state index contributed by atoms with van der Waals surface area (Å²) in [5, 5.41) is 0. The van der Waals surface area contributed by atoms with Gasteiger partial charge >= 0.3 is 0 Å². The second-order valence-corrected chi connectivity index (χ2v) is 3.88. The van der Waals surface area contributed by atoms with E-state index in [0.717, 1.165) is 11.1 Å². The lowest BCUT2D eigenvalue weighted by atomic mass is 10.0. The van der Waals surface area contributed by atoms with Crippen LogP contribution in [0.3, 0.4) is 0 Å². The second-order valence-electron chi connectivity index (χ2n) is 3.88. The van der Waals surface area contributed by atoms with Crippen molar-refractivity contribution >= 4 is 11.8 Å². The van der Waals surface area contributed by atoms with Gasteiger partial charge in [-0.15, -0.1) is 0 Å². The summed E-state index contributed by atoms with van der Waals surface area (Å²) in [6.07, 6.45) is 0. The zero-order valence-electron chi connectivity index (χ0n) is 9.59. The molecule has 0 aliphatic heterocycles. The highest BCUT2D eigenvalue weighted by atomic mass is 16.2. The number of hydrogen-bond acceptors (Lipinski definition) is 2. The molecular weight excluding hydrogens is 230 g/mol. The van der Waals surface area contributed by atoms with Crippen molar-refractivity contribution in [2.24, 2.45) is 11.5 Å². The van der Waals surface area contributed by atoms with E-state index in [1.165, 1.54) is 0 Å². The minimum absolute atomic E-state index is 0.453. The zero-order chi connectivity index (χ0) is 13.1. The molecule has 0 saturated heterocycles. The number of carbonyl (C=O) groups excluding carboxylic acids is 2. The fourth-order valence-electron chi connectivity index (χ4n) is 1.65. The fourth-order valence-corrected chi connectivity index (χ4v) is 1.65. The van der Waals surface area contributed by atoms with Crippen LogP contribution in [0, 0.1) is 0 Å². The maximum absolute atomic E-state index is 10.9. The van der Waals surface area contributed by atoms with Gasteiger partial charge in [-0.25, -0.2) is 0 Å². The Morgan fingerprint density at radius 1 is 0.611 bits per heavy atom. The zero-order valence-corrected chi connectivity index (χ0v) is 9.59. The summed E-state index contributed by atoms with van der Waals surface area (Å²) in [5.41, 5.74) is 13.1. The molecule has 0 unspecified atom stereocenters. The van der Waals surface area contributed by atoms with Gasteiger partial charge in [-0.2, -0.15) is 0 Å². The third kappa shape index (κ3) is 2.38. The number of amides is 2. The minimum Gasteiger partial charge on any atom is -0.366 e. The van der Waals surface area contributed by atoms with Crippen LogP contribution >= 0.6 is 0 Å². The first-order valence-corrected chi connectivity index (χ1v) is 5.38. The van der Waals surface area contributed by atoms with Crippen LogP contribution in [0.4, 0.5) is 0 Å². The van der Waals surface area contributed by atoms with E-state index in [-0.39, 0.29) is 0 Å². The Kier molecular flexibility index (Phi) is 3.10. The maximum atomic E-state index is 10.9. The molecule has 0 aromatic heterocycles. The van der Waals surface area contributed by atoms with E-state index in [0.29, 0.717) is 11.1 Å². The number of primary amides is 2. The molecule has 2 rings (SSSR count). The van der Waals surface area contributed by atoms with Gasteiger partial charge in [0, 0.05) is 11.1 Å². The van der Waals surface area contributed by atoms with Crippen LogP contribution in [0.2, 0.25) is 0 Å². The van der Waals surface area contributed by atoms with Crippen molar-refractivity contribution < 1.29 is 9.59 Å². The van der Waals surface area contributed by atoms with Gasteiger partial charge in [0.25, 0.3) is 0 Å². The van der Waals surface area contributed by atoms with E-state index >= 15 is 0 Å². The predicted octanol–water partition coefficient (Wildman–Crippen LogP) is 1.55. The Labute approximate surface area is 104 Å². The Hall–Kier alpha value is -2.62. The van der Waals surface area contributed by atoms with Crippen molar-refractivity contribution in [3.63, 3.8) is 0 Å². The highest BCUT2D eigenvalue weighted by Crippen LogP contribution is 2.20. The lowest BCUT2D eigenvalue weighted by molar-refractivity contribution is 0.0992. The topological polar surface area (TPSA) is 86.2 Å². The van der Waals surface area contributed by atoms with Crippen molar-refractivity contribution in [2.75, 3.05) is 0 Å². The standard InChI is InChI=1S/C14H12N2O2/c15-13(17)11-5-1-9(2-6-11)10-3-7-12(8-4-10)14(16)18/h1-8H,(H2,15,17)(H2,16,18)/i15+1,16+1. The van der Waals surface area contributed by atoms with E-state index < -0.39 is 11.8 Å². The summed E-state index contributed by atoms with van der Waals surface area (Å²) in [4.78, 5) is 21.9. The number of rotatable bonds is 3. The van der Waals surface area contributed by atoms with Crippen molar-refractivity contribution in [2.45, 2.75) is 0 Å². The molecule has 0 radical (unpaired) electrons. The fraction of sp³-hybridized carbons (Fsp3) is 0. The first-order valence-electron chi connectivity index (χ1n) is 5.38. The number of benzene rings is 2. The molecule has 0 spiro atoms. The summed E-state index contributed by atoms with van der Waals surface area (Å²) in [6, 6.07) is 13.9. The molecule has 0 saturated carbocycles. The molecule has 2 aromatic carbocycles. The summed E-state index contributed by atoms with van der Waals surface area (Å²) in [6.45, 7) is 0. The van der Waals surface area contributed by atoms with Gasteiger partial charge in [-0.1, -0.05) is 24.3 Å². The summed E-state index contributed by atoms with van der Waals surface area (Å²) >= 11 is 0. The average molecular weight is 242 g/mol. The molecule has 0 bridgehead atoms. The Balaban J connectivity index is 2.31. The van der Waals surface area contributed by atoms with Gasteiger partial charge in [0.15, 0.2) is 0 Å². The summed E-state index contributed by atoms with van der Waals surface area (Å²) in [7, 11) is 0. The van der Waals surface area contributed by atoms with Crippen LogP contribution < -0.4 is 11.5 Å². The molecule has 4 N–H and O–H groups in total. The molecule has 0 heterocycles. The van der Waals surface area contributed by atoms with Crippen LogP contribution in [0.15, 0.2) is 48.5 Å². The third-order valence-corrected chi connectivity index (χ3v) is 2.67. The molecule has 90 valence electrons. The molecule has 0 fully saturated rings. The first-order chi connectivity index (χ1) is 8.58. The van der Waals surface area contributed by atoms with Crippen LogP contribution in [-0.2, 0) is 0 Å². The third-order valence-electron chi connectivity index (χ3n) is 2.67. The largest absolute Gasteiger partial charge is 0.366 e.